The van der Waals surface area contributed by atoms with Crippen molar-refractivity contribution < 1.29 is 19.3 Å². The highest BCUT2D eigenvalue weighted by Crippen LogP contribution is 2.43. The molecule has 0 aliphatic heterocycles. The van der Waals surface area contributed by atoms with Crippen LogP contribution in [0.2, 0.25) is 0 Å². The lowest BCUT2D eigenvalue weighted by molar-refractivity contribution is 0.201. The minimum absolute atomic E-state index is 0.115. The van der Waals surface area contributed by atoms with Gasteiger partial charge in [0.1, 0.15) is 35.1 Å². The molecule has 0 bridgehead atoms. The Morgan fingerprint density at radius 1 is 1.10 bits per heavy atom. The lowest BCUT2D eigenvalue weighted by atomic mass is 9.99. The second-order valence-corrected chi connectivity index (χ2v) is 9.72. The molecule has 0 radical (unpaired) electrons. The van der Waals surface area contributed by atoms with Crippen LogP contribution >= 0.6 is 23.1 Å². The van der Waals surface area contributed by atoms with Gasteiger partial charge in [0.05, 0.1) is 31.0 Å². The molecular formula is C27H23FN6O3S2. The lowest BCUT2D eigenvalue weighted by Gasteiger charge is -2.16. The predicted octanol–water partition coefficient (Wildman–Crippen LogP) is 5.58. The van der Waals surface area contributed by atoms with Gasteiger partial charge in [-0.1, -0.05) is 23.9 Å². The van der Waals surface area contributed by atoms with Crippen molar-refractivity contribution in [2.45, 2.75) is 10.8 Å². The van der Waals surface area contributed by atoms with E-state index in [4.69, 9.17) is 16.4 Å². The molecule has 0 aliphatic carbocycles. The highest BCUT2D eigenvalue weighted by molar-refractivity contribution is 7.98. The summed E-state index contributed by atoms with van der Waals surface area (Å²) in [6.45, 7) is 7.87. The van der Waals surface area contributed by atoms with Crippen LogP contribution in [-0.4, -0.2) is 46.5 Å². The molecule has 4 N–H and O–H groups in total. The van der Waals surface area contributed by atoms with Gasteiger partial charge in [-0.15, -0.1) is 11.3 Å². The summed E-state index contributed by atoms with van der Waals surface area (Å²) in [5.41, 5.74) is 2.95. The molecule has 39 heavy (non-hydrogen) atoms. The number of pyridine rings is 1. The quantitative estimate of drug-likeness (QED) is 0.129. The van der Waals surface area contributed by atoms with Gasteiger partial charge in [-0.05, 0) is 42.0 Å². The molecule has 2 aromatic heterocycles. The fraction of sp³-hybridized carbons (Fsp3) is 0.185. The van der Waals surface area contributed by atoms with Crippen molar-refractivity contribution in [3.8, 4) is 22.9 Å². The van der Waals surface area contributed by atoms with Gasteiger partial charge in [0.25, 0.3) is 0 Å². The van der Waals surface area contributed by atoms with Crippen LogP contribution in [0.25, 0.3) is 16.0 Å². The van der Waals surface area contributed by atoms with Gasteiger partial charge in [-0.2, -0.15) is 5.26 Å². The number of aliphatic hydroxyl groups is 2. The van der Waals surface area contributed by atoms with Crippen molar-refractivity contribution in [2.24, 2.45) is 0 Å². The number of hydrogen-bond acceptors (Lipinski definition) is 10. The summed E-state index contributed by atoms with van der Waals surface area (Å²) in [7, 11) is 0. The molecule has 4 aromatic rings. The first kappa shape index (κ1) is 27.8. The molecule has 0 unspecified atom stereocenters. The highest BCUT2D eigenvalue weighted by atomic mass is 32.2. The Bertz CT molecular complexity index is 1500. The van der Waals surface area contributed by atoms with E-state index in [1.54, 1.807) is 36.4 Å². The van der Waals surface area contributed by atoms with Crippen LogP contribution in [-0.2, 0) is 5.75 Å². The lowest BCUT2D eigenvalue weighted by Crippen LogP contribution is -2.09. The standard InChI is InChI=1S/C27H23FN6O3S2/c1-30-24-23(17-2-8-21(9-3-17)37-13-12-36)22(14-29)26(34-25(24)31-10-11-35)38-15-20-16-39-27(33-20)32-19-6-4-18(28)5-7-19/h2-9,16,35-36H,10-13,15H2,(H,31,34)(H,32,33). The number of anilines is 3. The number of rotatable bonds is 12. The number of benzene rings is 2. The molecule has 9 nitrogen and oxygen atoms in total. The van der Waals surface area contributed by atoms with E-state index in [-0.39, 0.29) is 49.3 Å². The van der Waals surface area contributed by atoms with Gasteiger partial charge in [-0.3, -0.25) is 0 Å². The molecule has 2 aromatic carbocycles. The fourth-order valence-electron chi connectivity index (χ4n) is 3.56. The number of nitrogens with one attached hydrogen (secondary N) is 2. The second kappa shape index (κ2) is 13.6. The zero-order valence-corrected chi connectivity index (χ0v) is 22.2. The summed E-state index contributed by atoms with van der Waals surface area (Å²) >= 11 is 2.71. The first-order chi connectivity index (χ1) is 19.1. The van der Waals surface area contributed by atoms with Gasteiger partial charge in [-0.25, -0.2) is 19.2 Å². The molecule has 0 aliphatic rings. The summed E-state index contributed by atoms with van der Waals surface area (Å²) in [5, 5.41) is 37.5. The summed E-state index contributed by atoms with van der Waals surface area (Å²) in [5.74, 6) is 0.910. The first-order valence-electron chi connectivity index (χ1n) is 11.7. The zero-order chi connectivity index (χ0) is 27.6. The number of ether oxygens (including phenoxy) is 1. The van der Waals surface area contributed by atoms with Crippen LogP contribution in [0.3, 0.4) is 0 Å². The molecule has 198 valence electrons. The van der Waals surface area contributed by atoms with Crippen LogP contribution in [0, 0.1) is 23.7 Å². The molecule has 0 fully saturated rings. The van der Waals surface area contributed by atoms with Gasteiger partial charge in [0.2, 0.25) is 5.69 Å². The Labute approximate surface area is 232 Å². The fourth-order valence-corrected chi connectivity index (χ4v) is 5.28. The SMILES string of the molecule is [C-]#[N+]c1c(NCCO)nc(SCc2csc(Nc3ccc(F)cc3)n2)c(C#N)c1-c1ccc(OCCO)cc1. The summed E-state index contributed by atoms with van der Waals surface area (Å²) < 4.78 is 18.6. The van der Waals surface area contributed by atoms with E-state index in [2.05, 4.69) is 31.5 Å². The van der Waals surface area contributed by atoms with Crippen LogP contribution < -0.4 is 15.4 Å². The summed E-state index contributed by atoms with van der Waals surface area (Å²) in [6, 6.07) is 15.1. The molecule has 12 heteroatoms. The van der Waals surface area contributed by atoms with E-state index in [0.717, 1.165) is 5.69 Å². The maximum Gasteiger partial charge on any atom is 0.237 e. The number of thiazole rings is 1. The topological polar surface area (TPSA) is 128 Å². The minimum Gasteiger partial charge on any atom is -0.491 e. The molecule has 0 saturated carbocycles. The number of aliphatic hydroxyl groups excluding tert-OH is 2. The predicted molar refractivity (Wildman–Crippen MR) is 150 cm³/mol. The van der Waals surface area contributed by atoms with Crippen molar-refractivity contribution in [3.05, 3.63) is 82.4 Å². The number of nitriles is 1. The van der Waals surface area contributed by atoms with Crippen LogP contribution in [0.4, 0.5) is 26.7 Å². The maximum atomic E-state index is 13.2. The van der Waals surface area contributed by atoms with Crippen molar-refractivity contribution in [2.75, 3.05) is 37.0 Å². The Hall–Kier alpha value is -4.20. The van der Waals surface area contributed by atoms with Crippen molar-refractivity contribution in [1.82, 2.24) is 9.97 Å². The Morgan fingerprint density at radius 3 is 2.54 bits per heavy atom. The third-order valence-corrected chi connectivity index (χ3v) is 7.09. The van der Waals surface area contributed by atoms with E-state index in [9.17, 15) is 14.8 Å². The highest BCUT2D eigenvalue weighted by Gasteiger charge is 2.22. The van der Waals surface area contributed by atoms with E-state index in [1.807, 2.05) is 5.38 Å². The largest absolute Gasteiger partial charge is 0.491 e. The number of aromatic nitrogens is 2. The number of hydrogen-bond donors (Lipinski definition) is 4. The zero-order valence-electron chi connectivity index (χ0n) is 20.5. The van der Waals surface area contributed by atoms with Crippen molar-refractivity contribution in [1.29, 1.82) is 5.26 Å². The first-order valence-corrected chi connectivity index (χ1v) is 13.6. The van der Waals surface area contributed by atoms with E-state index >= 15 is 0 Å². The van der Waals surface area contributed by atoms with Gasteiger partial charge >= 0.3 is 0 Å². The monoisotopic (exact) mass is 562 g/mol. The van der Waals surface area contributed by atoms with Crippen molar-refractivity contribution >= 4 is 45.4 Å². The molecule has 0 saturated heterocycles. The number of nitrogens with zero attached hydrogens (tertiary/aromatic N) is 4. The van der Waals surface area contributed by atoms with Gasteiger partial charge in [0.15, 0.2) is 5.13 Å². The molecule has 0 spiro atoms. The van der Waals surface area contributed by atoms with E-state index in [0.29, 0.717) is 38.5 Å². The summed E-state index contributed by atoms with van der Waals surface area (Å²) in [4.78, 5) is 12.8. The maximum absolute atomic E-state index is 13.2. The molecule has 2 heterocycles. The number of halogens is 1. The Morgan fingerprint density at radius 2 is 1.87 bits per heavy atom. The number of thioether (sulfide) groups is 1. The average molecular weight is 563 g/mol. The van der Waals surface area contributed by atoms with E-state index < -0.39 is 0 Å². The van der Waals surface area contributed by atoms with Crippen molar-refractivity contribution in [3.63, 3.8) is 0 Å². The van der Waals surface area contributed by atoms with E-state index in [1.165, 1.54) is 35.2 Å². The second-order valence-electron chi connectivity index (χ2n) is 7.90. The van der Waals surface area contributed by atoms with Crippen LogP contribution in [0.5, 0.6) is 5.75 Å². The third kappa shape index (κ3) is 7.02. The third-order valence-electron chi connectivity index (χ3n) is 5.27. The molecule has 0 amide bonds. The molecular weight excluding hydrogens is 539 g/mol. The molecule has 4 rings (SSSR count). The summed E-state index contributed by atoms with van der Waals surface area (Å²) in [6.07, 6.45) is 0. The minimum atomic E-state index is -0.319. The van der Waals surface area contributed by atoms with Crippen LogP contribution in [0.15, 0.2) is 58.9 Å². The van der Waals surface area contributed by atoms with Gasteiger partial charge < -0.3 is 25.6 Å². The smallest absolute Gasteiger partial charge is 0.237 e. The molecule has 0 atom stereocenters. The Kier molecular flexibility index (Phi) is 9.67. The average Bonchev–Trinajstić information content (AvgIpc) is 3.41. The van der Waals surface area contributed by atoms with Gasteiger partial charge in [0, 0.05) is 28.9 Å². The Balaban J connectivity index is 1.63. The van der Waals surface area contributed by atoms with Crippen LogP contribution in [0.1, 0.15) is 11.3 Å². The normalized spacial score (nSPS) is 10.5.